The van der Waals surface area contributed by atoms with E-state index in [0.717, 1.165) is 5.56 Å². The van der Waals surface area contributed by atoms with E-state index in [1.54, 1.807) is 0 Å². The number of ether oxygens (including phenoxy) is 1. The molecule has 0 aliphatic heterocycles. The molecular weight excluding hydrogens is 309 g/mol. The number of nitrogens with zero attached hydrogens (tertiary/aromatic N) is 1. The highest BCUT2D eigenvalue weighted by molar-refractivity contribution is 9.10. The summed E-state index contributed by atoms with van der Waals surface area (Å²) in [6.45, 7) is 6.30. The highest BCUT2D eigenvalue weighted by Crippen LogP contribution is 2.28. The van der Waals surface area contributed by atoms with Crippen molar-refractivity contribution in [2.45, 2.75) is 26.7 Å². The van der Waals surface area contributed by atoms with E-state index < -0.39 is 5.82 Å². The first kappa shape index (κ1) is 14.0. The highest BCUT2D eigenvalue weighted by atomic mass is 79.9. The first-order valence-corrected chi connectivity index (χ1v) is 6.86. The van der Waals surface area contributed by atoms with Crippen LogP contribution in [0.15, 0.2) is 34.9 Å². The van der Waals surface area contributed by atoms with Crippen molar-refractivity contribution in [3.05, 3.63) is 51.9 Å². The minimum atomic E-state index is -0.486. The number of aromatic nitrogens is 1. The Balaban J connectivity index is 2.26. The summed E-state index contributed by atoms with van der Waals surface area (Å²) < 4.78 is 19.7. The van der Waals surface area contributed by atoms with Gasteiger partial charge in [-0.2, -0.15) is 0 Å². The van der Waals surface area contributed by atoms with E-state index in [9.17, 15) is 4.39 Å². The first-order chi connectivity index (χ1) is 8.97. The zero-order valence-electron chi connectivity index (χ0n) is 11.1. The molecular formula is C15H15BrFNO. The third-order valence-electron chi connectivity index (χ3n) is 2.85. The number of hydrogen-bond acceptors (Lipinski definition) is 2. The molecule has 2 aromatic rings. The molecule has 0 amide bonds. The number of halogens is 2. The molecule has 0 spiro atoms. The lowest BCUT2D eigenvalue weighted by Crippen LogP contribution is -1.95. The Labute approximate surface area is 120 Å². The van der Waals surface area contributed by atoms with Crippen LogP contribution >= 0.6 is 15.9 Å². The zero-order valence-corrected chi connectivity index (χ0v) is 12.7. The van der Waals surface area contributed by atoms with Crippen molar-refractivity contribution in [1.29, 1.82) is 0 Å². The van der Waals surface area contributed by atoms with Crippen LogP contribution < -0.4 is 4.74 Å². The zero-order chi connectivity index (χ0) is 14.0. The molecule has 0 N–H and O–H groups in total. The van der Waals surface area contributed by atoms with E-state index in [1.165, 1.54) is 17.8 Å². The van der Waals surface area contributed by atoms with Crippen LogP contribution in [0, 0.1) is 12.7 Å². The van der Waals surface area contributed by atoms with Crippen molar-refractivity contribution in [3.63, 3.8) is 0 Å². The van der Waals surface area contributed by atoms with Crippen LogP contribution in [-0.4, -0.2) is 4.98 Å². The van der Waals surface area contributed by atoms with Crippen LogP contribution in [0.1, 0.15) is 30.9 Å². The van der Waals surface area contributed by atoms with Crippen LogP contribution in [0.3, 0.4) is 0 Å². The second kappa shape index (κ2) is 5.70. The van der Waals surface area contributed by atoms with Crippen molar-refractivity contribution in [2.75, 3.05) is 0 Å². The average Bonchev–Trinajstić information content (AvgIpc) is 2.32. The molecule has 0 bridgehead atoms. The smallest absolute Gasteiger partial charge is 0.255 e. The SMILES string of the molecule is Cc1cc(Oc2ncc(Br)cc2F)ccc1C(C)C. The lowest BCUT2D eigenvalue weighted by Gasteiger charge is -2.12. The molecule has 0 radical (unpaired) electrons. The summed E-state index contributed by atoms with van der Waals surface area (Å²) in [5.74, 6) is 0.548. The third-order valence-corrected chi connectivity index (χ3v) is 3.29. The van der Waals surface area contributed by atoms with Gasteiger partial charge in [0.25, 0.3) is 5.88 Å². The Morgan fingerprint density at radius 3 is 2.58 bits per heavy atom. The van der Waals surface area contributed by atoms with E-state index in [-0.39, 0.29) is 5.88 Å². The molecule has 19 heavy (non-hydrogen) atoms. The van der Waals surface area contributed by atoms with Gasteiger partial charge in [0.2, 0.25) is 0 Å². The summed E-state index contributed by atoms with van der Waals surface area (Å²) in [5, 5.41) is 0. The largest absolute Gasteiger partial charge is 0.436 e. The summed E-state index contributed by atoms with van der Waals surface area (Å²) in [4.78, 5) is 3.92. The second-order valence-corrected chi connectivity index (χ2v) is 5.63. The van der Waals surface area contributed by atoms with Gasteiger partial charge in [0.05, 0.1) is 0 Å². The number of benzene rings is 1. The summed E-state index contributed by atoms with van der Waals surface area (Å²) in [7, 11) is 0. The summed E-state index contributed by atoms with van der Waals surface area (Å²) in [5.41, 5.74) is 2.39. The van der Waals surface area contributed by atoms with Gasteiger partial charge >= 0.3 is 0 Å². The van der Waals surface area contributed by atoms with E-state index in [4.69, 9.17) is 4.74 Å². The predicted molar refractivity (Wildman–Crippen MR) is 77.2 cm³/mol. The Morgan fingerprint density at radius 2 is 2.00 bits per heavy atom. The van der Waals surface area contributed by atoms with Crippen LogP contribution in [0.2, 0.25) is 0 Å². The van der Waals surface area contributed by atoms with Crippen LogP contribution in [0.4, 0.5) is 4.39 Å². The maximum Gasteiger partial charge on any atom is 0.255 e. The van der Waals surface area contributed by atoms with Crippen LogP contribution in [0.5, 0.6) is 11.6 Å². The second-order valence-electron chi connectivity index (χ2n) is 4.72. The molecule has 0 saturated heterocycles. The molecule has 0 fully saturated rings. The normalized spacial score (nSPS) is 10.8. The summed E-state index contributed by atoms with van der Waals surface area (Å²) >= 11 is 3.16. The van der Waals surface area contributed by atoms with Crippen molar-refractivity contribution in [1.82, 2.24) is 4.98 Å². The molecule has 1 aromatic carbocycles. The van der Waals surface area contributed by atoms with Crippen molar-refractivity contribution in [3.8, 4) is 11.6 Å². The lowest BCUT2D eigenvalue weighted by molar-refractivity contribution is 0.422. The molecule has 0 aliphatic carbocycles. The standard InChI is InChI=1S/C15H15BrFNO/c1-9(2)13-5-4-12(6-10(13)3)19-15-14(17)7-11(16)8-18-15/h4-9H,1-3H3. The van der Waals surface area contributed by atoms with Gasteiger partial charge in [-0.3, -0.25) is 0 Å². The Kier molecular flexibility index (Phi) is 4.20. The predicted octanol–water partition coefficient (Wildman–Crippen LogP) is 5.21. The fourth-order valence-corrected chi connectivity index (χ4v) is 2.25. The van der Waals surface area contributed by atoms with Gasteiger partial charge in [-0.15, -0.1) is 0 Å². The number of hydrogen-bond donors (Lipinski definition) is 0. The van der Waals surface area contributed by atoms with Gasteiger partial charge < -0.3 is 4.74 Å². The topological polar surface area (TPSA) is 22.1 Å². The summed E-state index contributed by atoms with van der Waals surface area (Å²) in [6, 6.07) is 7.08. The number of rotatable bonds is 3. The number of pyridine rings is 1. The van der Waals surface area contributed by atoms with Gasteiger partial charge in [-0.25, -0.2) is 9.37 Å². The van der Waals surface area contributed by atoms with Gasteiger partial charge in [-0.05, 0) is 58.1 Å². The van der Waals surface area contributed by atoms with Gasteiger partial charge in [-0.1, -0.05) is 19.9 Å². The van der Waals surface area contributed by atoms with Gasteiger partial charge in [0.1, 0.15) is 5.75 Å². The number of aryl methyl sites for hydroxylation is 1. The van der Waals surface area contributed by atoms with E-state index in [1.807, 2.05) is 25.1 Å². The van der Waals surface area contributed by atoms with Crippen molar-refractivity contribution in [2.24, 2.45) is 0 Å². The molecule has 0 saturated carbocycles. The molecule has 4 heteroatoms. The fraction of sp³-hybridized carbons (Fsp3) is 0.267. The fourth-order valence-electron chi connectivity index (χ4n) is 1.95. The van der Waals surface area contributed by atoms with E-state index in [2.05, 4.69) is 34.8 Å². The molecule has 1 heterocycles. The van der Waals surface area contributed by atoms with Gasteiger partial charge in [0, 0.05) is 10.7 Å². The third kappa shape index (κ3) is 3.32. The Bertz CT molecular complexity index is 599. The first-order valence-electron chi connectivity index (χ1n) is 6.07. The monoisotopic (exact) mass is 323 g/mol. The minimum Gasteiger partial charge on any atom is -0.436 e. The Morgan fingerprint density at radius 1 is 1.26 bits per heavy atom. The molecule has 1 aromatic heterocycles. The van der Waals surface area contributed by atoms with E-state index in [0.29, 0.717) is 16.1 Å². The average molecular weight is 324 g/mol. The van der Waals surface area contributed by atoms with Crippen LogP contribution in [0.25, 0.3) is 0 Å². The molecule has 100 valence electrons. The quantitative estimate of drug-likeness (QED) is 0.773. The maximum atomic E-state index is 13.6. The van der Waals surface area contributed by atoms with Crippen molar-refractivity contribution < 1.29 is 9.13 Å². The molecule has 0 unspecified atom stereocenters. The molecule has 0 atom stereocenters. The van der Waals surface area contributed by atoms with Gasteiger partial charge in [0.15, 0.2) is 5.82 Å². The lowest BCUT2D eigenvalue weighted by atomic mass is 9.98. The van der Waals surface area contributed by atoms with Crippen molar-refractivity contribution >= 4 is 15.9 Å². The van der Waals surface area contributed by atoms with E-state index >= 15 is 0 Å². The summed E-state index contributed by atoms with van der Waals surface area (Å²) in [6.07, 6.45) is 1.51. The molecule has 2 rings (SSSR count). The highest BCUT2D eigenvalue weighted by Gasteiger charge is 2.09. The maximum absolute atomic E-state index is 13.6. The molecule has 2 nitrogen and oxygen atoms in total. The molecule has 0 aliphatic rings. The Hall–Kier alpha value is -1.42. The van der Waals surface area contributed by atoms with Crippen LogP contribution in [-0.2, 0) is 0 Å². The minimum absolute atomic E-state index is 0.0140.